The van der Waals surface area contributed by atoms with Crippen LogP contribution in [-0.2, 0) is 0 Å². The summed E-state index contributed by atoms with van der Waals surface area (Å²) in [4.78, 5) is 24.7. The molecule has 0 radical (unpaired) electrons. The zero-order valence-corrected chi connectivity index (χ0v) is 15.3. The van der Waals surface area contributed by atoms with Gasteiger partial charge in [0.1, 0.15) is 0 Å². The van der Waals surface area contributed by atoms with Crippen molar-refractivity contribution < 1.29 is 9.72 Å². The van der Waals surface area contributed by atoms with Gasteiger partial charge in [0.05, 0.1) is 11.0 Å². The highest BCUT2D eigenvalue weighted by molar-refractivity contribution is 5.93. The topological polar surface area (TPSA) is 75.5 Å². The Morgan fingerprint density at radius 3 is 2.41 bits per heavy atom. The number of hydrogen-bond acceptors (Lipinski definition) is 3. The fourth-order valence-corrected chi connectivity index (χ4v) is 3.17. The Hall–Kier alpha value is -3.41. The molecule has 6 heteroatoms. The average Bonchev–Trinajstić information content (AvgIpc) is 2.68. The number of nitrogens with one attached hydrogen (secondary N) is 1. The summed E-state index contributed by atoms with van der Waals surface area (Å²) in [6.45, 7) is 4.26. The van der Waals surface area contributed by atoms with Gasteiger partial charge in [-0.05, 0) is 42.3 Å². The summed E-state index contributed by atoms with van der Waals surface area (Å²) in [5.74, 6) is 0. The van der Waals surface area contributed by atoms with Crippen LogP contribution in [0.4, 0.5) is 16.2 Å². The van der Waals surface area contributed by atoms with E-state index in [2.05, 4.69) is 5.32 Å². The van der Waals surface area contributed by atoms with Crippen molar-refractivity contribution in [2.45, 2.75) is 19.9 Å². The van der Waals surface area contributed by atoms with Crippen molar-refractivity contribution in [3.63, 3.8) is 0 Å². The Bertz CT molecular complexity index is 965. The second kappa shape index (κ2) is 7.86. The van der Waals surface area contributed by atoms with E-state index in [1.807, 2.05) is 56.3 Å². The minimum atomic E-state index is -0.456. The van der Waals surface area contributed by atoms with Gasteiger partial charge in [0.25, 0.3) is 5.69 Å². The van der Waals surface area contributed by atoms with E-state index >= 15 is 0 Å². The molecule has 0 aliphatic rings. The number of nitrogens with zero attached hydrogens (tertiary/aromatic N) is 2. The van der Waals surface area contributed by atoms with Crippen LogP contribution in [0.2, 0.25) is 0 Å². The van der Waals surface area contributed by atoms with Crippen LogP contribution in [0.25, 0.3) is 10.8 Å². The lowest BCUT2D eigenvalue weighted by molar-refractivity contribution is -0.384. The molecule has 0 saturated carbocycles. The minimum Gasteiger partial charge on any atom is -0.331 e. The van der Waals surface area contributed by atoms with E-state index in [9.17, 15) is 14.9 Å². The molecule has 0 aliphatic heterocycles. The number of carbonyl (C=O) groups is 1. The summed E-state index contributed by atoms with van der Waals surface area (Å²) in [6.07, 6.45) is 0. The minimum absolute atomic E-state index is 0.000616. The predicted octanol–water partition coefficient (Wildman–Crippen LogP) is 5.05. The number of nitro benzene ring substituents is 1. The molecule has 0 aromatic heterocycles. The fraction of sp³-hybridized carbons (Fsp3) is 0.190. The lowest BCUT2D eigenvalue weighted by atomic mass is 10.00. The standard InChI is InChI=1S/C21H21N3O3/c1-3-23(17-11-13-18(14-12-17)24(26)27)21(25)22-15(2)19-10-6-8-16-7-4-5-9-20(16)19/h4-15H,3H2,1-2H3,(H,22,25). The Kier molecular flexibility index (Phi) is 5.35. The van der Waals surface area contributed by atoms with E-state index in [1.54, 1.807) is 17.0 Å². The van der Waals surface area contributed by atoms with Gasteiger partial charge in [-0.25, -0.2) is 4.79 Å². The molecular weight excluding hydrogens is 342 g/mol. The largest absolute Gasteiger partial charge is 0.331 e. The summed E-state index contributed by atoms with van der Waals surface area (Å²) in [6, 6.07) is 19.6. The zero-order valence-electron chi connectivity index (χ0n) is 15.3. The van der Waals surface area contributed by atoms with Gasteiger partial charge in [-0.2, -0.15) is 0 Å². The summed E-state index contributed by atoms with van der Waals surface area (Å²) < 4.78 is 0. The van der Waals surface area contributed by atoms with E-state index in [4.69, 9.17) is 0 Å². The van der Waals surface area contributed by atoms with Crippen LogP contribution in [-0.4, -0.2) is 17.5 Å². The number of urea groups is 1. The molecule has 0 saturated heterocycles. The van der Waals surface area contributed by atoms with Crippen LogP contribution in [0.5, 0.6) is 0 Å². The Labute approximate surface area is 157 Å². The SMILES string of the molecule is CCN(C(=O)NC(C)c1cccc2ccccc12)c1ccc([N+](=O)[O-])cc1. The van der Waals surface area contributed by atoms with Gasteiger partial charge in [0.15, 0.2) is 0 Å². The Morgan fingerprint density at radius 2 is 1.74 bits per heavy atom. The molecule has 0 bridgehead atoms. The summed E-state index contributed by atoms with van der Waals surface area (Å²) in [5.41, 5.74) is 1.66. The van der Waals surface area contributed by atoms with Gasteiger partial charge < -0.3 is 5.32 Å². The third-order valence-electron chi connectivity index (χ3n) is 4.56. The monoisotopic (exact) mass is 363 g/mol. The smallest absolute Gasteiger partial charge is 0.322 e. The van der Waals surface area contributed by atoms with E-state index in [-0.39, 0.29) is 17.8 Å². The first-order valence-electron chi connectivity index (χ1n) is 8.81. The van der Waals surface area contributed by atoms with Gasteiger partial charge in [-0.1, -0.05) is 42.5 Å². The second-order valence-corrected chi connectivity index (χ2v) is 6.26. The highest BCUT2D eigenvalue weighted by Crippen LogP contribution is 2.25. The van der Waals surface area contributed by atoms with Crippen molar-refractivity contribution in [1.82, 2.24) is 5.32 Å². The normalized spacial score (nSPS) is 11.8. The maximum Gasteiger partial charge on any atom is 0.322 e. The highest BCUT2D eigenvalue weighted by atomic mass is 16.6. The number of hydrogen-bond donors (Lipinski definition) is 1. The van der Waals surface area contributed by atoms with Gasteiger partial charge in [0.2, 0.25) is 0 Å². The molecule has 6 nitrogen and oxygen atoms in total. The molecule has 3 rings (SSSR count). The molecule has 2 amide bonds. The Morgan fingerprint density at radius 1 is 1.07 bits per heavy atom. The molecule has 0 heterocycles. The van der Waals surface area contributed by atoms with Crippen LogP contribution < -0.4 is 10.2 Å². The first kappa shape index (κ1) is 18.4. The van der Waals surface area contributed by atoms with Crippen LogP contribution in [0, 0.1) is 10.1 Å². The van der Waals surface area contributed by atoms with Crippen molar-refractivity contribution in [3.8, 4) is 0 Å². The zero-order chi connectivity index (χ0) is 19.4. The molecule has 0 fully saturated rings. The number of anilines is 1. The fourth-order valence-electron chi connectivity index (χ4n) is 3.17. The van der Waals surface area contributed by atoms with E-state index < -0.39 is 4.92 Å². The van der Waals surface area contributed by atoms with Crippen LogP contribution in [0.3, 0.4) is 0 Å². The van der Waals surface area contributed by atoms with Crippen molar-refractivity contribution in [2.24, 2.45) is 0 Å². The molecule has 1 N–H and O–H groups in total. The van der Waals surface area contributed by atoms with Gasteiger partial charge >= 0.3 is 6.03 Å². The van der Waals surface area contributed by atoms with Gasteiger partial charge in [-0.15, -0.1) is 0 Å². The summed E-state index contributed by atoms with van der Waals surface area (Å²) >= 11 is 0. The van der Waals surface area contributed by atoms with Crippen molar-refractivity contribution >= 4 is 28.2 Å². The van der Waals surface area contributed by atoms with Crippen LogP contribution >= 0.6 is 0 Å². The molecule has 0 aliphatic carbocycles. The first-order valence-corrected chi connectivity index (χ1v) is 8.81. The molecular formula is C21H21N3O3. The van der Waals surface area contributed by atoms with Crippen molar-refractivity contribution in [3.05, 3.63) is 82.4 Å². The number of rotatable bonds is 5. The van der Waals surface area contributed by atoms with E-state index in [0.29, 0.717) is 12.2 Å². The van der Waals surface area contributed by atoms with Crippen LogP contribution in [0.1, 0.15) is 25.5 Å². The summed E-state index contributed by atoms with van der Waals surface area (Å²) in [7, 11) is 0. The van der Waals surface area contributed by atoms with Crippen LogP contribution in [0.15, 0.2) is 66.7 Å². The highest BCUT2D eigenvalue weighted by Gasteiger charge is 2.18. The van der Waals surface area contributed by atoms with E-state index in [1.165, 1.54) is 12.1 Å². The molecule has 0 spiro atoms. The quantitative estimate of drug-likeness (QED) is 0.509. The van der Waals surface area contributed by atoms with E-state index in [0.717, 1.165) is 16.3 Å². The van der Waals surface area contributed by atoms with Gasteiger partial charge in [-0.3, -0.25) is 15.0 Å². The third kappa shape index (κ3) is 3.89. The predicted molar refractivity (Wildman–Crippen MR) is 107 cm³/mol. The molecule has 1 unspecified atom stereocenters. The average molecular weight is 363 g/mol. The molecule has 27 heavy (non-hydrogen) atoms. The Balaban J connectivity index is 1.80. The number of benzene rings is 3. The third-order valence-corrected chi connectivity index (χ3v) is 4.56. The maximum atomic E-state index is 12.8. The number of amides is 2. The number of fused-ring (bicyclic) bond motifs is 1. The van der Waals surface area contributed by atoms with Gasteiger partial charge in [0, 0.05) is 24.4 Å². The molecule has 138 valence electrons. The number of carbonyl (C=O) groups excluding carboxylic acids is 1. The molecule has 3 aromatic carbocycles. The van der Waals surface area contributed by atoms with Crippen molar-refractivity contribution in [1.29, 1.82) is 0 Å². The first-order chi connectivity index (χ1) is 13.0. The number of nitro groups is 1. The van der Waals surface area contributed by atoms with Crippen molar-refractivity contribution in [2.75, 3.05) is 11.4 Å². The summed E-state index contributed by atoms with van der Waals surface area (Å²) in [5, 5.41) is 16.1. The maximum absolute atomic E-state index is 12.8. The molecule has 1 atom stereocenters. The second-order valence-electron chi connectivity index (χ2n) is 6.26. The molecule has 3 aromatic rings. The number of non-ortho nitro benzene ring substituents is 1. The lowest BCUT2D eigenvalue weighted by Crippen LogP contribution is -2.41. The lowest BCUT2D eigenvalue weighted by Gasteiger charge is -2.24.